The fraction of sp³-hybridized carbons (Fsp3) is 0.875. The molecular weight excluding hydrogens is 344 g/mol. The summed E-state index contributed by atoms with van der Waals surface area (Å²) in [7, 11) is 0. The zero-order chi connectivity index (χ0) is 20.4. The summed E-state index contributed by atoms with van der Waals surface area (Å²) in [5.41, 5.74) is 17.2. The molecule has 0 aromatic carbocycles. The fourth-order valence-electron chi connectivity index (χ4n) is 3.03. The van der Waals surface area contributed by atoms with Gasteiger partial charge in [-0.2, -0.15) is 0 Å². The molecule has 4 atom stereocenters. The molecule has 0 fully saturated rings. The molecule has 154 valence electrons. The zero-order valence-electron chi connectivity index (χ0n) is 15.1. The molecule has 0 amide bonds. The van der Waals surface area contributed by atoms with Gasteiger partial charge in [-0.3, -0.25) is 11.5 Å². The molecule has 0 heterocycles. The normalized spacial score (nSPS) is 18.5. The summed E-state index contributed by atoms with van der Waals surface area (Å²) in [5.74, 6) is -4.35. The van der Waals surface area contributed by atoms with Gasteiger partial charge in [-0.25, -0.2) is 9.59 Å². The number of unbranched alkanes of at least 4 members (excludes halogenated alkanes) is 1. The van der Waals surface area contributed by atoms with Crippen LogP contribution >= 0.6 is 0 Å². The highest BCUT2D eigenvalue weighted by molar-refractivity contribution is 5.77. The van der Waals surface area contributed by atoms with Crippen LogP contribution in [0.1, 0.15) is 51.4 Å². The highest BCUT2D eigenvalue weighted by atomic mass is 16.4. The minimum Gasteiger partial charge on any atom is -0.478 e. The summed E-state index contributed by atoms with van der Waals surface area (Å²) in [6.45, 7) is 0.707. The quantitative estimate of drug-likeness (QED) is 0.124. The van der Waals surface area contributed by atoms with Crippen LogP contribution in [0.4, 0.5) is 0 Å². The number of hydrogen-bond donors (Lipinski definition) is 8. The van der Waals surface area contributed by atoms with E-state index in [9.17, 15) is 19.8 Å². The Bertz CT molecular complexity index is 404. The van der Waals surface area contributed by atoms with Crippen LogP contribution in [0, 0.1) is 11.8 Å². The van der Waals surface area contributed by atoms with E-state index in [1.165, 1.54) is 0 Å². The molecule has 0 aliphatic heterocycles. The molecule has 0 radical (unpaired) electrons. The van der Waals surface area contributed by atoms with E-state index in [-0.39, 0.29) is 0 Å². The van der Waals surface area contributed by atoms with Crippen LogP contribution in [0.15, 0.2) is 0 Å². The lowest BCUT2D eigenvalue weighted by Gasteiger charge is -2.30. The lowest BCUT2D eigenvalue weighted by molar-refractivity contribution is -0.166. The van der Waals surface area contributed by atoms with Crippen LogP contribution in [0.25, 0.3) is 0 Å². The predicted molar refractivity (Wildman–Crippen MR) is 95.6 cm³/mol. The van der Waals surface area contributed by atoms with E-state index in [4.69, 9.17) is 33.1 Å². The maximum absolute atomic E-state index is 11.2. The Morgan fingerprint density at radius 1 is 0.692 bits per heavy atom. The van der Waals surface area contributed by atoms with E-state index in [1.54, 1.807) is 0 Å². The Balaban J connectivity index is 4.75. The van der Waals surface area contributed by atoms with Crippen LogP contribution in [-0.2, 0) is 9.59 Å². The van der Waals surface area contributed by atoms with Crippen molar-refractivity contribution in [2.75, 3.05) is 13.1 Å². The van der Waals surface area contributed by atoms with Gasteiger partial charge in [-0.1, -0.05) is 12.8 Å². The van der Waals surface area contributed by atoms with Gasteiger partial charge in [0.15, 0.2) is 0 Å². The Labute approximate surface area is 153 Å². The van der Waals surface area contributed by atoms with Gasteiger partial charge < -0.3 is 31.9 Å². The molecule has 10 heteroatoms. The first kappa shape index (κ1) is 24.7. The number of hydrogen-bond acceptors (Lipinski definition) is 8. The summed E-state index contributed by atoms with van der Waals surface area (Å²) in [5, 5.41) is 38.2. The van der Waals surface area contributed by atoms with E-state index in [0.29, 0.717) is 64.5 Å². The second-order valence-corrected chi connectivity index (χ2v) is 6.80. The first-order chi connectivity index (χ1) is 12.0. The number of aliphatic hydroxyl groups is 2. The van der Waals surface area contributed by atoms with Gasteiger partial charge >= 0.3 is 11.9 Å². The highest BCUT2D eigenvalue weighted by Gasteiger charge is 2.41. The van der Waals surface area contributed by atoms with E-state index >= 15 is 0 Å². The van der Waals surface area contributed by atoms with E-state index in [1.807, 2.05) is 0 Å². The predicted octanol–water partition coefficient (Wildman–Crippen LogP) is -1.28. The molecule has 0 bridgehead atoms. The third kappa shape index (κ3) is 7.52. The van der Waals surface area contributed by atoms with Crippen molar-refractivity contribution in [2.24, 2.45) is 34.8 Å². The Hall–Kier alpha value is -1.30. The van der Waals surface area contributed by atoms with Crippen LogP contribution < -0.4 is 22.9 Å². The van der Waals surface area contributed by atoms with Crippen LogP contribution in [0.5, 0.6) is 0 Å². The number of carboxylic acid groups (broad SMARTS) is 2. The van der Waals surface area contributed by atoms with Gasteiger partial charge in [0.2, 0.25) is 11.4 Å². The smallest absolute Gasteiger partial charge is 0.351 e. The third-order valence-electron chi connectivity index (χ3n) is 4.80. The summed E-state index contributed by atoms with van der Waals surface area (Å²) < 4.78 is 0. The van der Waals surface area contributed by atoms with Crippen molar-refractivity contribution in [3.8, 4) is 0 Å². The number of rotatable bonds is 15. The van der Waals surface area contributed by atoms with Crippen molar-refractivity contribution in [3.63, 3.8) is 0 Å². The van der Waals surface area contributed by atoms with Crippen molar-refractivity contribution in [1.29, 1.82) is 0 Å². The monoisotopic (exact) mass is 378 g/mol. The second kappa shape index (κ2) is 11.4. The zero-order valence-corrected chi connectivity index (χ0v) is 15.1. The van der Waals surface area contributed by atoms with Gasteiger partial charge in [0.25, 0.3) is 0 Å². The summed E-state index contributed by atoms with van der Waals surface area (Å²) >= 11 is 0. The maximum atomic E-state index is 11.2. The molecule has 0 saturated heterocycles. The second-order valence-electron chi connectivity index (χ2n) is 6.80. The minimum atomic E-state index is -2.34. The number of nitrogens with two attached hydrogens (primary N) is 4. The number of aliphatic carboxylic acids is 2. The molecule has 0 saturated carbocycles. The first-order valence-electron chi connectivity index (χ1n) is 8.91. The highest BCUT2D eigenvalue weighted by Crippen LogP contribution is 2.28. The maximum Gasteiger partial charge on any atom is 0.351 e. The van der Waals surface area contributed by atoms with Crippen molar-refractivity contribution in [1.82, 2.24) is 0 Å². The average molecular weight is 378 g/mol. The molecule has 0 aliphatic carbocycles. The summed E-state index contributed by atoms with van der Waals surface area (Å²) in [6, 6.07) is 0. The standard InChI is InChI=1S/C16H34N4O6/c17-9-3-7-11(15(19,25)13(21)22)5-1-2-6-12(8-4-10-18)16(20,26)14(23)24/h11-12,25-26H,1-10,17-20H2,(H,21,22)(H,23,24). The molecule has 26 heavy (non-hydrogen) atoms. The van der Waals surface area contributed by atoms with Gasteiger partial charge in [0.1, 0.15) is 0 Å². The number of carbonyl (C=O) groups is 2. The number of carboxylic acids is 2. The van der Waals surface area contributed by atoms with E-state index in [2.05, 4.69) is 0 Å². The topological polar surface area (TPSA) is 219 Å². The third-order valence-corrected chi connectivity index (χ3v) is 4.80. The van der Waals surface area contributed by atoms with Gasteiger partial charge in [-0.15, -0.1) is 0 Å². The van der Waals surface area contributed by atoms with E-state index in [0.717, 1.165) is 0 Å². The van der Waals surface area contributed by atoms with Crippen molar-refractivity contribution in [2.45, 2.75) is 62.8 Å². The molecule has 0 aromatic rings. The molecule has 0 rings (SSSR count). The Morgan fingerprint density at radius 2 is 0.962 bits per heavy atom. The van der Waals surface area contributed by atoms with Crippen molar-refractivity contribution < 1.29 is 30.0 Å². The van der Waals surface area contributed by atoms with Gasteiger partial charge in [-0.05, 0) is 51.6 Å². The molecule has 10 nitrogen and oxygen atoms in total. The summed E-state index contributed by atoms with van der Waals surface area (Å²) in [4.78, 5) is 22.3. The Kier molecular flexibility index (Phi) is 10.8. The van der Waals surface area contributed by atoms with Crippen molar-refractivity contribution in [3.05, 3.63) is 0 Å². The average Bonchev–Trinajstić information content (AvgIpc) is 2.55. The summed E-state index contributed by atoms with van der Waals surface area (Å²) in [6.07, 6.45) is 3.44. The molecule has 4 unspecified atom stereocenters. The lowest BCUT2D eigenvalue weighted by atomic mass is 9.83. The van der Waals surface area contributed by atoms with Crippen LogP contribution in [0.3, 0.4) is 0 Å². The SMILES string of the molecule is NCCCC(CCCCC(CCCN)C(N)(O)C(=O)O)C(N)(O)C(=O)O. The molecular formula is C16H34N4O6. The van der Waals surface area contributed by atoms with Crippen molar-refractivity contribution >= 4 is 11.9 Å². The van der Waals surface area contributed by atoms with E-state index < -0.39 is 35.2 Å². The van der Waals surface area contributed by atoms with Gasteiger partial charge in [0.05, 0.1) is 0 Å². The minimum absolute atomic E-state index is 0.332. The fourth-order valence-corrected chi connectivity index (χ4v) is 3.03. The molecule has 0 aromatic heterocycles. The largest absolute Gasteiger partial charge is 0.478 e. The van der Waals surface area contributed by atoms with Crippen LogP contribution in [0.2, 0.25) is 0 Å². The lowest BCUT2D eigenvalue weighted by Crippen LogP contribution is -2.54. The van der Waals surface area contributed by atoms with Crippen LogP contribution in [-0.4, -0.2) is 56.9 Å². The molecule has 0 aliphatic rings. The molecule has 0 spiro atoms. The Morgan fingerprint density at radius 3 is 1.19 bits per heavy atom. The first-order valence-corrected chi connectivity index (χ1v) is 8.91. The molecule has 12 N–H and O–H groups in total. The van der Waals surface area contributed by atoms with Gasteiger partial charge in [0, 0.05) is 11.8 Å².